The zero-order valence-electron chi connectivity index (χ0n) is 18.2. The fraction of sp³-hybridized carbons (Fsp3) is 0.0323. The predicted octanol–water partition coefficient (Wildman–Crippen LogP) is 6.94. The van der Waals surface area contributed by atoms with E-state index in [1.54, 1.807) is 0 Å². The number of hydrogen-bond acceptors (Lipinski definition) is 0. The van der Waals surface area contributed by atoms with Gasteiger partial charge in [0.1, 0.15) is 23.2 Å². The van der Waals surface area contributed by atoms with Crippen LogP contribution in [0, 0.1) is 0 Å². The summed E-state index contributed by atoms with van der Waals surface area (Å²) in [7, 11) is -1.74. The van der Waals surface area contributed by atoms with Crippen LogP contribution >= 0.6 is 7.26 Å². The van der Waals surface area contributed by atoms with Crippen LogP contribution in [-0.4, -0.2) is 6.66 Å². The lowest BCUT2D eigenvalue weighted by Crippen LogP contribution is -2.30. The van der Waals surface area contributed by atoms with Gasteiger partial charge in [0.2, 0.25) is 0 Å². The molecular weight excluding hydrogens is 403 g/mol. The molecule has 0 aliphatic carbocycles. The number of rotatable bonds is 5. The van der Waals surface area contributed by atoms with Crippen molar-refractivity contribution >= 4 is 23.2 Å². The van der Waals surface area contributed by atoms with Crippen molar-refractivity contribution in [2.75, 3.05) is 6.66 Å². The Morgan fingerprint density at radius 1 is 0.344 bits per heavy atom. The summed E-state index contributed by atoms with van der Waals surface area (Å²) in [5, 5.41) is 4.21. The molecule has 0 heterocycles. The number of benzene rings is 5. The first-order valence-corrected chi connectivity index (χ1v) is 13.2. The van der Waals surface area contributed by atoms with Crippen LogP contribution in [0.3, 0.4) is 0 Å². The first-order valence-electron chi connectivity index (χ1n) is 11.0. The zero-order valence-corrected chi connectivity index (χ0v) is 19.1. The second-order valence-electron chi connectivity index (χ2n) is 8.17. The summed E-state index contributed by atoms with van der Waals surface area (Å²) < 4.78 is 0. The molecule has 0 bridgehead atoms. The molecule has 1 heteroatoms. The van der Waals surface area contributed by atoms with E-state index in [1.807, 2.05) is 0 Å². The third kappa shape index (κ3) is 3.91. The van der Waals surface area contributed by atoms with Gasteiger partial charge in [0.05, 0.1) is 6.66 Å². The van der Waals surface area contributed by atoms with Crippen molar-refractivity contribution < 1.29 is 0 Å². The van der Waals surface area contributed by atoms with Crippen LogP contribution < -0.4 is 15.9 Å². The Hall–Kier alpha value is -3.47. The van der Waals surface area contributed by atoms with Crippen LogP contribution in [0.1, 0.15) is 0 Å². The van der Waals surface area contributed by atoms with Crippen molar-refractivity contribution in [3.63, 3.8) is 0 Å². The summed E-state index contributed by atoms with van der Waals surface area (Å²) in [6.07, 6.45) is 0. The van der Waals surface area contributed by atoms with Gasteiger partial charge in [-0.25, -0.2) is 0 Å². The molecule has 5 aromatic carbocycles. The summed E-state index contributed by atoms with van der Waals surface area (Å²) in [5.41, 5.74) is 5.01. The first kappa shape index (κ1) is 20.4. The molecule has 0 aromatic heterocycles. The maximum atomic E-state index is 2.44. The van der Waals surface area contributed by atoms with E-state index in [0.717, 1.165) is 0 Å². The van der Waals surface area contributed by atoms with Gasteiger partial charge in [-0.05, 0) is 64.7 Å². The van der Waals surface area contributed by atoms with Gasteiger partial charge in [0.15, 0.2) is 0 Å². The molecule has 0 N–H and O–H groups in total. The van der Waals surface area contributed by atoms with E-state index < -0.39 is 7.26 Å². The topological polar surface area (TPSA) is 0 Å². The smallest absolute Gasteiger partial charge is 0.0622 e. The van der Waals surface area contributed by atoms with Crippen LogP contribution in [0.4, 0.5) is 0 Å². The Labute approximate surface area is 191 Å². The molecule has 154 valence electrons. The number of hydrogen-bond donors (Lipinski definition) is 0. The zero-order chi connectivity index (χ0) is 21.8. The van der Waals surface area contributed by atoms with E-state index in [1.165, 1.54) is 38.2 Å². The molecule has 32 heavy (non-hydrogen) atoms. The molecule has 0 spiro atoms. The molecule has 5 rings (SSSR count). The minimum atomic E-state index is -1.74. The third-order valence-electron chi connectivity index (χ3n) is 6.21. The fourth-order valence-corrected chi connectivity index (χ4v) is 7.58. The highest BCUT2D eigenvalue weighted by molar-refractivity contribution is 7.95. The largest absolute Gasteiger partial charge is 0.109 e. The quantitative estimate of drug-likeness (QED) is 0.265. The Morgan fingerprint density at radius 2 is 0.719 bits per heavy atom. The molecule has 0 radical (unpaired) electrons. The molecule has 0 saturated carbocycles. The van der Waals surface area contributed by atoms with E-state index in [9.17, 15) is 0 Å². The Morgan fingerprint density at radius 3 is 1.28 bits per heavy atom. The van der Waals surface area contributed by atoms with E-state index >= 15 is 0 Å². The van der Waals surface area contributed by atoms with E-state index in [4.69, 9.17) is 0 Å². The monoisotopic (exact) mass is 429 g/mol. The fourth-order valence-electron chi connectivity index (χ4n) is 4.37. The summed E-state index contributed by atoms with van der Waals surface area (Å²) >= 11 is 0. The van der Waals surface area contributed by atoms with Crippen molar-refractivity contribution in [1.82, 2.24) is 0 Å². The van der Waals surface area contributed by atoms with Crippen LogP contribution in [0.15, 0.2) is 140 Å². The van der Waals surface area contributed by atoms with Gasteiger partial charge in [-0.3, -0.25) is 0 Å². The SMILES string of the molecule is C[P+](c1ccccc1)(c1ccccc1)c1cccc(-c2cccc(-c3ccccc3)c2)c1. The highest BCUT2D eigenvalue weighted by Crippen LogP contribution is 2.51. The third-order valence-corrected chi connectivity index (χ3v) is 10.2. The molecule has 0 nitrogen and oxygen atoms in total. The molecule has 0 aliphatic rings. The molecule has 0 aliphatic heterocycles. The molecule has 0 saturated heterocycles. The standard InChI is InChI=1S/C31H26P/c1-32(29-18-7-3-8-19-29,30-20-9-4-10-21-30)31-22-12-17-28(24-31)27-16-11-15-26(23-27)25-13-5-2-6-14-25/h2-24H,1H3/q+1. The van der Waals surface area contributed by atoms with E-state index in [0.29, 0.717) is 0 Å². The Bertz CT molecular complexity index is 1270. The van der Waals surface area contributed by atoms with Gasteiger partial charge in [0, 0.05) is 0 Å². The van der Waals surface area contributed by atoms with Crippen molar-refractivity contribution in [3.05, 3.63) is 140 Å². The normalized spacial score (nSPS) is 11.3. The van der Waals surface area contributed by atoms with Gasteiger partial charge in [-0.1, -0.05) is 97.1 Å². The lowest BCUT2D eigenvalue weighted by atomic mass is 9.99. The summed E-state index contributed by atoms with van der Waals surface area (Å²) in [5.74, 6) is 0. The maximum absolute atomic E-state index is 2.44. The summed E-state index contributed by atoms with van der Waals surface area (Å²) in [6.45, 7) is 2.44. The molecule has 0 fully saturated rings. The van der Waals surface area contributed by atoms with Crippen molar-refractivity contribution in [3.8, 4) is 22.3 Å². The Balaban J connectivity index is 1.63. The average molecular weight is 430 g/mol. The lowest BCUT2D eigenvalue weighted by molar-refractivity contribution is 1.59. The summed E-state index contributed by atoms with van der Waals surface area (Å²) in [6, 6.07) is 50.6. The predicted molar refractivity (Wildman–Crippen MR) is 142 cm³/mol. The molecule has 0 amide bonds. The van der Waals surface area contributed by atoms with E-state index in [2.05, 4.69) is 146 Å². The van der Waals surface area contributed by atoms with Gasteiger partial charge in [-0.2, -0.15) is 0 Å². The molecule has 5 aromatic rings. The highest BCUT2D eigenvalue weighted by atomic mass is 31.2. The van der Waals surface area contributed by atoms with Crippen LogP contribution in [0.25, 0.3) is 22.3 Å². The molecule has 0 atom stereocenters. The van der Waals surface area contributed by atoms with Crippen LogP contribution in [-0.2, 0) is 0 Å². The van der Waals surface area contributed by atoms with Crippen LogP contribution in [0.2, 0.25) is 0 Å². The van der Waals surface area contributed by atoms with Gasteiger partial charge in [-0.15, -0.1) is 0 Å². The van der Waals surface area contributed by atoms with Crippen LogP contribution in [0.5, 0.6) is 0 Å². The summed E-state index contributed by atoms with van der Waals surface area (Å²) in [4.78, 5) is 0. The minimum absolute atomic E-state index is 1.25. The molecular formula is C31H26P+. The Kier molecular flexibility index (Phi) is 5.71. The van der Waals surface area contributed by atoms with Gasteiger partial charge in [0.25, 0.3) is 0 Å². The van der Waals surface area contributed by atoms with Gasteiger partial charge < -0.3 is 0 Å². The highest BCUT2D eigenvalue weighted by Gasteiger charge is 2.40. The van der Waals surface area contributed by atoms with Crippen molar-refractivity contribution in [2.24, 2.45) is 0 Å². The first-order chi connectivity index (χ1) is 15.7. The molecule has 0 unspecified atom stereocenters. The van der Waals surface area contributed by atoms with Crippen molar-refractivity contribution in [2.45, 2.75) is 0 Å². The second-order valence-corrected chi connectivity index (χ2v) is 11.7. The van der Waals surface area contributed by atoms with Gasteiger partial charge >= 0.3 is 0 Å². The maximum Gasteiger partial charge on any atom is 0.109 e. The minimum Gasteiger partial charge on any atom is -0.0622 e. The average Bonchev–Trinajstić information content (AvgIpc) is 2.90. The lowest BCUT2D eigenvalue weighted by Gasteiger charge is -2.23. The second kappa shape index (κ2) is 8.95. The van der Waals surface area contributed by atoms with Crippen molar-refractivity contribution in [1.29, 1.82) is 0 Å². The van der Waals surface area contributed by atoms with E-state index in [-0.39, 0.29) is 0 Å².